The third kappa shape index (κ3) is 4.49. The lowest BCUT2D eigenvalue weighted by molar-refractivity contribution is 0.0600. The van der Waals surface area contributed by atoms with Crippen LogP contribution in [0.25, 0.3) is 11.0 Å². The molecule has 0 amide bonds. The predicted molar refractivity (Wildman–Crippen MR) is 119 cm³/mol. The smallest absolute Gasteiger partial charge is 0.337 e. The Kier molecular flexibility index (Phi) is 6.08. The summed E-state index contributed by atoms with van der Waals surface area (Å²) >= 11 is 1.58. The number of pyridine rings is 1. The van der Waals surface area contributed by atoms with Crippen molar-refractivity contribution in [1.82, 2.24) is 15.0 Å². The highest BCUT2D eigenvalue weighted by molar-refractivity contribution is 7.98. The van der Waals surface area contributed by atoms with Crippen molar-refractivity contribution < 1.29 is 19.0 Å². The highest BCUT2D eigenvalue weighted by Gasteiger charge is 2.15. The van der Waals surface area contributed by atoms with Crippen LogP contribution in [0.4, 0.5) is 0 Å². The van der Waals surface area contributed by atoms with Crippen molar-refractivity contribution in [2.75, 3.05) is 14.2 Å². The Balaban J connectivity index is 1.53. The summed E-state index contributed by atoms with van der Waals surface area (Å²) in [5.41, 5.74) is 4.16. The van der Waals surface area contributed by atoms with E-state index in [1.54, 1.807) is 42.2 Å². The standard InChI is InChI=1S/C23H21N3O4S/c1-14-18(13-31-23-25-16-6-4-5-7-17(16)26-23)24-11-10-19(14)30-20-9-8-15(22(27)29-3)12-21(20)28-2/h4-12H,13H2,1-3H3,(H,25,26). The third-order valence-corrected chi connectivity index (χ3v) is 5.66. The van der Waals surface area contributed by atoms with Crippen molar-refractivity contribution in [2.45, 2.75) is 17.8 Å². The van der Waals surface area contributed by atoms with Gasteiger partial charge < -0.3 is 19.2 Å². The second-order valence-electron chi connectivity index (χ2n) is 6.69. The van der Waals surface area contributed by atoms with Gasteiger partial charge >= 0.3 is 5.97 Å². The highest BCUT2D eigenvalue weighted by Crippen LogP contribution is 2.35. The SMILES string of the molecule is COC(=O)c1ccc(Oc2ccnc(CSc3nc4ccccc4[nH]3)c2C)c(OC)c1. The number of esters is 1. The van der Waals surface area contributed by atoms with Gasteiger partial charge in [-0.1, -0.05) is 23.9 Å². The molecular weight excluding hydrogens is 414 g/mol. The molecule has 7 nitrogen and oxygen atoms in total. The Hall–Kier alpha value is -3.52. The van der Waals surface area contributed by atoms with Gasteiger partial charge in [0.05, 0.1) is 36.5 Å². The van der Waals surface area contributed by atoms with E-state index in [-0.39, 0.29) is 0 Å². The summed E-state index contributed by atoms with van der Waals surface area (Å²) in [5.74, 6) is 1.81. The monoisotopic (exact) mass is 435 g/mol. The maximum absolute atomic E-state index is 11.8. The van der Waals surface area contributed by atoms with Gasteiger partial charge in [-0.05, 0) is 43.3 Å². The average Bonchev–Trinajstić information content (AvgIpc) is 3.22. The van der Waals surface area contributed by atoms with Crippen LogP contribution < -0.4 is 9.47 Å². The molecule has 4 aromatic rings. The van der Waals surface area contributed by atoms with Gasteiger partial charge in [-0.3, -0.25) is 4.98 Å². The number of aromatic nitrogens is 3. The molecule has 2 heterocycles. The lowest BCUT2D eigenvalue weighted by atomic mass is 10.2. The maximum Gasteiger partial charge on any atom is 0.337 e. The fourth-order valence-electron chi connectivity index (χ4n) is 3.06. The molecule has 31 heavy (non-hydrogen) atoms. The van der Waals surface area contributed by atoms with Crippen molar-refractivity contribution in [3.8, 4) is 17.2 Å². The van der Waals surface area contributed by atoms with Crippen LogP contribution in [0.1, 0.15) is 21.6 Å². The summed E-state index contributed by atoms with van der Waals surface area (Å²) in [7, 11) is 2.86. The minimum atomic E-state index is -0.435. The Morgan fingerprint density at radius 1 is 1.06 bits per heavy atom. The Bertz CT molecular complexity index is 1210. The molecule has 2 aromatic carbocycles. The van der Waals surface area contributed by atoms with Crippen LogP contribution in [-0.4, -0.2) is 35.1 Å². The molecule has 0 saturated heterocycles. The van der Waals surface area contributed by atoms with Gasteiger partial charge in [0.1, 0.15) is 5.75 Å². The zero-order chi connectivity index (χ0) is 21.8. The van der Waals surface area contributed by atoms with E-state index >= 15 is 0 Å². The van der Waals surface area contributed by atoms with Gasteiger partial charge in [0.2, 0.25) is 0 Å². The molecule has 0 aliphatic carbocycles. The molecule has 0 radical (unpaired) electrons. The molecular formula is C23H21N3O4S. The first-order chi connectivity index (χ1) is 15.1. The number of methoxy groups -OCH3 is 2. The van der Waals surface area contributed by atoms with E-state index in [2.05, 4.69) is 15.0 Å². The van der Waals surface area contributed by atoms with Gasteiger partial charge in [0.25, 0.3) is 0 Å². The van der Waals surface area contributed by atoms with E-state index in [4.69, 9.17) is 14.2 Å². The third-order valence-electron chi connectivity index (χ3n) is 4.78. The normalized spacial score (nSPS) is 10.8. The Labute approximate surface area is 183 Å². The number of hydrogen-bond donors (Lipinski definition) is 1. The predicted octanol–water partition coefficient (Wildman–Crippen LogP) is 5.15. The Morgan fingerprint density at radius 3 is 2.68 bits per heavy atom. The number of carbonyl (C=O) groups excluding carboxylic acids is 1. The van der Waals surface area contributed by atoms with E-state index in [1.807, 2.05) is 31.2 Å². The van der Waals surface area contributed by atoms with Crippen LogP contribution in [-0.2, 0) is 10.5 Å². The molecule has 0 bridgehead atoms. The van der Waals surface area contributed by atoms with Crippen LogP contribution in [0.5, 0.6) is 17.2 Å². The quantitative estimate of drug-likeness (QED) is 0.317. The highest BCUT2D eigenvalue weighted by atomic mass is 32.2. The zero-order valence-electron chi connectivity index (χ0n) is 17.3. The molecule has 0 saturated carbocycles. The number of nitrogens with zero attached hydrogens (tertiary/aromatic N) is 2. The average molecular weight is 436 g/mol. The lowest BCUT2D eigenvalue weighted by Gasteiger charge is -2.14. The van der Waals surface area contributed by atoms with Gasteiger partial charge in [-0.2, -0.15) is 0 Å². The van der Waals surface area contributed by atoms with Crippen molar-refractivity contribution in [1.29, 1.82) is 0 Å². The number of ether oxygens (including phenoxy) is 3. The van der Waals surface area contributed by atoms with E-state index in [9.17, 15) is 4.79 Å². The first kappa shape index (κ1) is 20.7. The number of H-pyrrole nitrogens is 1. The second-order valence-corrected chi connectivity index (χ2v) is 7.65. The van der Waals surface area contributed by atoms with Gasteiger partial charge in [0, 0.05) is 17.5 Å². The number of aromatic amines is 1. The topological polar surface area (TPSA) is 86.3 Å². The molecule has 8 heteroatoms. The number of rotatable bonds is 7. The molecule has 0 fully saturated rings. The molecule has 0 aliphatic rings. The molecule has 2 aromatic heterocycles. The number of nitrogens with one attached hydrogen (secondary N) is 1. The van der Waals surface area contributed by atoms with Gasteiger partial charge in [-0.25, -0.2) is 9.78 Å². The largest absolute Gasteiger partial charge is 0.493 e. The maximum atomic E-state index is 11.8. The van der Waals surface area contributed by atoms with Crippen LogP contribution in [0, 0.1) is 6.92 Å². The van der Waals surface area contributed by atoms with E-state index in [1.165, 1.54) is 14.2 Å². The van der Waals surface area contributed by atoms with Crippen molar-refractivity contribution >= 4 is 28.8 Å². The number of thioether (sulfide) groups is 1. The molecule has 1 N–H and O–H groups in total. The fraction of sp³-hybridized carbons (Fsp3) is 0.174. The molecule has 0 aliphatic heterocycles. The van der Waals surface area contributed by atoms with Crippen molar-refractivity contribution in [2.24, 2.45) is 0 Å². The van der Waals surface area contributed by atoms with Crippen molar-refractivity contribution in [3.63, 3.8) is 0 Å². The summed E-state index contributed by atoms with van der Waals surface area (Å²) in [5, 5.41) is 0.841. The fourth-order valence-corrected chi connectivity index (χ4v) is 3.97. The summed E-state index contributed by atoms with van der Waals surface area (Å²) in [6, 6.07) is 14.7. The number of fused-ring (bicyclic) bond motifs is 1. The first-order valence-corrected chi connectivity index (χ1v) is 10.5. The summed E-state index contributed by atoms with van der Waals surface area (Å²) in [6.07, 6.45) is 1.71. The number of benzene rings is 2. The number of hydrogen-bond acceptors (Lipinski definition) is 7. The Morgan fingerprint density at radius 2 is 1.90 bits per heavy atom. The zero-order valence-corrected chi connectivity index (χ0v) is 18.2. The first-order valence-electron chi connectivity index (χ1n) is 9.55. The second kappa shape index (κ2) is 9.09. The summed E-state index contributed by atoms with van der Waals surface area (Å²) < 4.78 is 16.2. The minimum Gasteiger partial charge on any atom is -0.493 e. The molecule has 158 valence electrons. The van der Waals surface area contributed by atoms with Crippen LogP contribution in [0.15, 0.2) is 59.9 Å². The number of imidazole rings is 1. The van der Waals surface area contributed by atoms with E-state index < -0.39 is 5.97 Å². The molecule has 0 spiro atoms. The van der Waals surface area contributed by atoms with Crippen LogP contribution in [0.2, 0.25) is 0 Å². The minimum absolute atomic E-state index is 0.390. The van der Waals surface area contributed by atoms with E-state index in [0.29, 0.717) is 28.6 Å². The van der Waals surface area contributed by atoms with Crippen LogP contribution >= 0.6 is 11.8 Å². The molecule has 0 unspecified atom stereocenters. The summed E-state index contributed by atoms with van der Waals surface area (Å²) in [6.45, 7) is 1.96. The van der Waals surface area contributed by atoms with Crippen molar-refractivity contribution in [3.05, 3.63) is 71.5 Å². The summed E-state index contributed by atoms with van der Waals surface area (Å²) in [4.78, 5) is 24.2. The molecule has 4 rings (SSSR count). The number of carbonyl (C=O) groups is 1. The van der Waals surface area contributed by atoms with Gasteiger partial charge in [-0.15, -0.1) is 0 Å². The number of para-hydroxylation sites is 2. The van der Waals surface area contributed by atoms with Crippen LogP contribution in [0.3, 0.4) is 0 Å². The van der Waals surface area contributed by atoms with Gasteiger partial charge in [0.15, 0.2) is 16.7 Å². The molecule has 0 atom stereocenters. The van der Waals surface area contributed by atoms with E-state index in [0.717, 1.165) is 27.4 Å². The lowest BCUT2D eigenvalue weighted by Crippen LogP contribution is -2.02.